The van der Waals surface area contributed by atoms with Crippen molar-refractivity contribution in [1.82, 2.24) is 4.98 Å². The number of carbonyl (C=O) groups excluding carboxylic acids is 1. The lowest BCUT2D eigenvalue weighted by molar-refractivity contribution is -0.115. The van der Waals surface area contributed by atoms with Crippen LogP contribution >= 0.6 is 0 Å². The number of nitrogens with one attached hydrogen (secondary N) is 1. The molecule has 4 nitrogen and oxygen atoms in total. The van der Waals surface area contributed by atoms with E-state index in [1.54, 1.807) is 0 Å². The van der Waals surface area contributed by atoms with E-state index in [1.807, 2.05) is 43.3 Å². The van der Waals surface area contributed by atoms with Crippen LogP contribution in [0, 0.1) is 13.8 Å². The highest BCUT2D eigenvalue weighted by Crippen LogP contribution is 2.27. The Bertz CT molecular complexity index is 810. The Labute approximate surface area is 129 Å². The highest BCUT2D eigenvalue weighted by molar-refractivity contribution is 5.91. The fourth-order valence-electron chi connectivity index (χ4n) is 2.28. The number of rotatable bonds is 3. The monoisotopic (exact) mass is 294 g/mol. The first kappa shape index (κ1) is 14.3. The van der Waals surface area contributed by atoms with Crippen LogP contribution in [0.5, 0.6) is 0 Å². The van der Waals surface area contributed by atoms with Crippen LogP contribution in [0.15, 0.2) is 40.8 Å². The molecule has 3 aromatic rings. The van der Waals surface area contributed by atoms with Crippen LogP contribution in [-0.2, 0) is 4.79 Å². The van der Waals surface area contributed by atoms with Crippen LogP contribution in [0.2, 0.25) is 0 Å². The molecule has 1 aromatic heterocycles. The van der Waals surface area contributed by atoms with Crippen LogP contribution in [-0.4, -0.2) is 10.9 Å². The third-order valence-corrected chi connectivity index (χ3v) is 3.72. The van der Waals surface area contributed by atoms with Crippen molar-refractivity contribution in [1.29, 1.82) is 0 Å². The molecule has 0 saturated carbocycles. The molecule has 22 heavy (non-hydrogen) atoms. The predicted octanol–water partition coefficient (Wildman–Crippen LogP) is 4.46. The molecule has 0 aliphatic rings. The molecule has 0 saturated heterocycles. The first-order valence-corrected chi connectivity index (χ1v) is 7.35. The van der Waals surface area contributed by atoms with Gasteiger partial charge in [-0.2, -0.15) is 0 Å². The number of hydrogen-bond acceptors (Lipinski definition) is 3. The summed E-state index contributed by atoms with van der Waals surface area (Å²) in [5.41, 5.74) is 5.59. The number of aryl methyl sites for hydroxylation is 2. The number of anilines is 1. The minimum Gasteiger partial charge on any atom is -0.436 e. The van der Waals surface area contributed by atoms with E-state index in [1.165, 1.54) is 11.1 Å². The van der Waals surface area contributed by atoms with E-state index in [2.05, 4.69) is 24.1 Å². The quantitative estimate of drug-likeness (QED) is 0.776. The molecule has 0 bridgehead atoms. The molecule has 1 amide bonds. The number of oxazole rings is 1. The zero-order valence-corrected chi connectivity index (χ0v) is 12.9. The fraction of sp³-hybridized carbons (Fsp3) is 0.222. The SMILES string of the molecule is CCC(=O)Nc1cccc(-c2nc3cc(C)c(C)cc3o2)c1. The van der Waals surface area contributed by atoms with Gasteiger partial charge < -0.3 is 9.73 Å². The van der Waals surface area contributed by atoms with E-state index < -0.39 is 0 Å². The Hall–Kier alpha value is -2.62. The number of benzene rings is 2. The molecule has 0 radical (unpaired) electrons. The summed E-state index contributed by atoms with van der Waals surface area (Å²) in [6.07, 6.45) is 0.450. The zero-order valence-electron chi connectivity index (χ0n) is 12.9. The average molecular weight is 294 g/mol. The number of hydrogen-bond donors (Lipinski definition) is 1. The van der Waals surface area contributed by atoms with Crippen molar-refractivity contribution in [3.05, 3.63) is 47.5 Å². The molecule has 0 unspecified atom stereocenters. The highest BCUT2D eigenvalue weighted by Gasteiger charge is 2.10. The van der Waals surface area contributed by atoms with Crippen LogP contribution in [0.1, 0.15) is 24.5 Å². The normalized spacial score (nSPS) is 10.9. The first-order chi connectivity index (χ1) is 10.6. The molecule has 3 rings (SSSR count). The van der Waals surface area contributed by atoms with Crippen LogP contribution < -0.4 is 5.32 Å². The Morgan fingerprint density at radius 2 is 1.95 bits per heavy atom. The second-order valence-corrected chi connectivity index (χ2v) is 5.41. The molecule has 112 valence electrons. The lowest BCUT2D eigenvalue weighted by atomic mass is 10.1. The van der Waals surface area contributed by atoms with Gasteiger partial charge in [-0.25, -0.2) is 4.98 Å². The van der Waals surface area contributed by atoms with E-state index in [-0.39, 0.29) is 5.91 Å². The molecular weight excluding hydrogens is 276 g/mol. The van der Waals surface area contributed by atoms with E-state index in [4.69, 9.17) is 4.42 Å². The van der Waals surface area contributed by atoms with Crippen LogP contribution in [0.3, 0.4) is 0 Å². The Morgan fingerprint density at radius 1 is 1.18 bits per heavy atom. The van der Waals surface area contributed by atoms with Gasteiger partial charge >= 0.3 is 0 Å². The number of nitrogens with zero attached hydrogens (tertiary/aromatic N) is 1. The standard InChI is InChI=1S/C18H18N2O2/c1-4-17(21)19-14-7-5-6-13(10-14)18-20-15-8-11(2)12(3)9-16(15)22-18/h5-10H,4H2,1-3H3,(H,19,21). The van der Waals surface area contributed by atoms with Crippen LogP contribution in [0.4, 0.5) is 5.69 Å². The lowest BCUT2D eigenvalue weighted by Crippen LogP contribution is -2.09. The number of aromatic nitrogens is 1. The molecule has 0 fully saturated rings. The summed E-state index contributed by atoms with van der Waals surface area (Å²) in [7, 11) is 0. The molecule has 0 atom stereocenters. The Morgan fingerprint density at radius 3 is 2.73 bits per heavy atom. The maximum absolute atomic E-state index is 11.5. The fourth-order valence-corrected chi connectivity index (χ4v) is 2.28. The number of carbonyl (C=O) groups is 1. The maximum Gasteiger partial charge on any atom is 0.227 e. The number of fused-ring (bicyclic) bond motifs is 1. The van der Waals surface area contributed by atoms with Crippen LogP contribution in [0.25, 0.3) is 22.6 Å². The minimum absolute atomic E-state index is 0.0130. The summed E-state index contributed by atoms with van der Waals surface area (Å²) in [5, 5.41) is 2.85. The summed E-state index contributed by atoms with van der Waals surface area (Å²) >= 11 is 0. The molecule has 0 spiro atoms. The van der Waals surface area contributed by atoms with Crippen molar-refractivity contribution in [3.63, 3.8) is 0 Å². The Balaban J connectivity index is 2.00. The topological polar surface area (TPSA) is 55.1 Å². The van der Waals surface area contributed by atoms with Gasteiger partial charge in [-0.1, -0.05) is 13.0 Å². The summed E-state index contributed by atoms with van der Waals surface area (Å²) in [4.78, 5) is 16.0. The van der Waals surface area contributed by atoms with Gasteiger partial charge in [0, 0.05) is 17.7 Å². The summed E-state index contributed by atoms with van der Waals surface area (Å²) in [5.74, 6) is 0.550. The van der Waals surface area contributed by atoms with Crippen molar-refractivity contribution in [2.24, 2.45) is 0 Å². The summed E-state index contributed by atoms with van der Waals surface area (Å²) < 4.78 is 5.85. The van der Waals surface area contributed by atoms with Gasteiger partial charge in [0.05, 0.1) is 0 Å². The van der Waals surface area contributed by atoms with Crippen molar-refractivity contribution < 1.29 is 9.21 Å². The van der Waals surface area contributed by atoms with Crippen molar-refractivity contribution >= 4 is 22.7 Å². The van der Waals surface area contributed by atoms with E-state index in [0.717, 1.165) is 22.4 Å². The smallest absolute Gasteiger partial charge is 0.227 e. The van der Waals surface area contributed by atoms with Gasteiger partial charge in [-0.15, -0.1) is 0 Å². The average Bonchev–Trinajstić information content (AvgIpc) is 2.90. The highest BCUT2D eigenvalue weighted by atomic mass is 16.3. The molecule has 1 N–H and O–H groups in total. The summed E-state index contributed by atoms with van der Waals surface area (Å²) in [6.45, 7) is 5.94. The molecule has 0 aliphatic carbocycles. The van der Waals surface area contributed by atoms with Crippen molar-refractivity contribution in [2.45, 2.75) is 27.2 Å². The molecule has 4 heteroatoms. The van der Waals surface area contributed by atoms with Gasteiger partial charge in [-0.05, 0) is 55.3 Å². The minimum atomic E-state index is -0.0130. The summed E-state index contributed by atoms with van der Waals surface area (Å²) in [6, 6.07) is 11.6. The third-order valence-electron chi connectivity index (χ3n) is 3.72. The molecule has 2 aromatic carbocycles. The van der Waals surface area contributed by atoms with Gasteiger partial charge in [0.2, 0.25) is 11.8 Å². The number of amides is 1. The predicted molar refractivity (Wildman–Crippen MR) is 87.8 cm³/mol. The lowest BCUT2D eigenvalue weighted by Gasteiger charge is -2.04. The van der Waals surface area contributed by atoms with Gasteiger partial charge in [0.25, 0.3) is 0 Å². The van der Waals surface area contributed by atoms with Crippen molar-refractivity contribution in [3.8, 4) is 11.5 Å². The van der Waals surface area contributed by atoms with E-state index >= 15 is 0 Å². The van der Waals surface area contributed by atoms with E-state index in [9.17, 15) is 4.79 Å². The second-order valence-electron chi connectivity index (χ2n) is 5.41. The Kier molecular flexibility index (Phi) is 3.67. The van der Waals surface area contributed by atoms with Gasteiger partial charge in [0.1, 0.15) is 5.52 Å². The van der Waals surface area contributed by atoms with Gasteiger partial charge in [-0.3, -0.25) is 4.79 Å². The third kappa shape index (κ3) is 2.72. The first-order valence-electron chi connectivity index (χ1n) is 7.35. The maximum atomic E-state index is 11.5. The largest absolute Gasteiger partial charge is 0.436 e. The zero-order chi connectivity index (χ0) is 15.7. The van der Waals surface area contributed by atoms with Gasteiger partial charge in [0.15, 0.2) is 5.58 Å². The molecule has 1 heterocycles. The molecule has 0 aliphatic heterocycles. The second kappa shape index (κ2) is 5.64. The molecular formula is C18H18N2O2. The van der Waals surface area contributed by atoms with Crippen molar-refractivity contribution in [2.75, 3.05) is 5.32 Å². The van der Waals surface area contributed by atoms with E-state index in [0.29, 0.717) is 12.3 Å².